The van der Waals surface area contributed by atoms with Gasteiger partial charge < -0.3 is 24.7 Å². The SMILES string of the molecule is N=C(c1nc2ccccc2n1CC(=O)c1ccc(NC(=O)OCc2ccccc2)cc1)C(N=O)NC(=O)CNC(=O)OCc1ccccc1. The normalized spacial score (nSPS) is 11.2. The van der Waals surface area contributed by atoms with Crippen LogP contribution in [0.4, 0.5) is 15.3 Å². The average molecular weight is 662 g/mol. The van der Waals surface area contributed by atoms with Crippen molar-refractivity contribution in [2.75, 3.05) is 11.9 Å². The van der Waals surface area contributed by atoms with Gasteiger partial charge in [-0.05, 0) is 52.7 Å². The molecule has 5 aromatic rings. The number of nitroso groups, excluding NO2 is 1. The summed E-state index contributed by atoms with van der Waals surface area (Å²) < 4.78 is 11.8. The van der Waals surface area contributed by atoms with Crippen LogP contribution in [0.15, 0.2) is 114 Å². The van der Waals surface area contributed by atoms with Gasteiger partial charge in [-0.3, -0.25) is 20.3 Å². The van der Waals surface area contributed by atoms with Gasteiger partial charge in [-0.2, -0.15) is 0 Å². The summed E-state index contributed by atoms with van der Waals surface area (Å²) in [6.07, 6.45) is -3.18. The second kappa shape index (κ2) is 16.2. The molecule has 4 N–H and O–H groups in total. The third kappa shape index (κ3) is 9.19. The molecule has 1 aromatic heterocycles. The number of rotatable bonds is 14. The van der Waals surface area contributed by atoms with Gasteiger partial charge in [0, 0.05) is 11.3 Å². The second-order valence-corrected chi connectivity index (χ2v) is 10.6. The fraction of sp³-hybridized carbons (Fsp3) is 0.143. The maximum absolute atomic E-state index is 13.4. The fourth-order valence-corrected chi connectivity index (χ4v) is 4.70. The number of amides is 3. The van der Waals surface area contributed by atoms with Crippen LogP contribution in [-0.2, 0) is 34.0 Å². The Hall–Kier alpha value is -6.70. The first-order valence-electron chi connectivity index (χ1n) is 15.0. The third-order valence-electron chi connectivity index (χ3n) is 7.15. The van der Waals surface area contributed by atoms with Crippen LogP contribution in [-0.4, -0.2) is 51.9 Å². The number of aromatic nitrogens is 2. The van der Waals surface area contributed by atoms with E-state index in [1.165, 1.54) is 16.7 Å². The van der Waals surface area contributed by atoms with Crippen molar-refractivity contribution in [3.8, 4) is 0 Å². The number of hydrogen-bond donors (Lipinski definition) is 4. The predicted molar refractivity (Wildman–Crippen MR) is 180 cm³/mol. The van der Waals surface area contributed by atoms with E-state index >= 15 is 0 Å². The maximum atomic E-state index is 13.4. The molecule has 0 aliphatic rings. The highest BCUT2D eigenvalue weighted by Gasteiger charge is 2.26. The third-order valence-corrected chi connectivity index (χ3v) is 7.15. The van der Waals surface area contributed by atoms with Crippen molar-refractivity contribution in [1.29, 1.82) is 5.41 Å². The van der Waals surface area contributed by atoms with Gasteiger partial charge in [0.15, 0.2) is 11.6 Å². The van der Waals surface area contributed by atoms with E-state index < -0.39 is 36.5 Å². The number of benzene rings is 4. The van der Waals surface area contributed by atoms with Crippen LogP contribution in [0.3, 0.4) is 0 Å². The maximum Gasteiger partial charge on any atom is 0.411 e. The first-order valence-corrected chi connectivity index (χ1v) is 15.0. The van der Waals surface area contributed by atoms with Crippen LogP contribution in [0.1, 0.15) is 27.3 Å². The second-order valence-electron chi connectivity index (χ2n) is 10.6. The highest BCUT2D eigenvalue weighted by molar-refractivity contribution is 6.05. The molecule has 14 nitrogen and oxygen atoms in total. The number of carbonyl (C=O) groups is 4. The zero-order valence-corrected chi connectivity index (χ0v) is 26.0. The van der Waals surface area contributed by atoms with Crippen molar-refractivity contribution in [1.82, 2.24) is 20.2 Å². The standard InChI is InChI=1S/C35H31N7O7/c36-31(32(41-47)40-30(44)19-37-34(45)48-21-23-9-3-1-4-10-23)33-39-27-13-7-8-14-28(27)42(33)20-29(43)25-15-17-26(18-16-25)38-35(46)49-22-24-11-5-2-6-12-24/h1-18,32,36H,19-22H2,(H,37,45)(H,38,46)(H,40,44). The van der Waals surface area contributed by atoms with Crippen LogP contribution in [0.2, 0.25) is 0 Å². The Labute approximate surface area is 279 Å². The van der Waals surface area contributed by atoms with Crippen LogP contribution in [0.5, 0.6) is 0 Å². The summed E-state index contributed by atoms with van der Waals surface area (Å²) in [5, 5.41) is 18.8. The van der Waals surface area contributed by atoms with Gasteiger partial charge in [-0.25, -0.2) is 14.6 Å². The van der Waals surface area contributed by atoms with E-state index in [0.29, 0.717) is 22.3 Å². The molecule has 0 aliphatic carbocycles. The number of alkyl carbamates (subject to hydrolysis) is 1. The number of imidazole rings is 1. The van der Waals surface area contributed by atoms with E-state index in [-0.39, 0.29) is 31.4 Å². The molecule has 0 spiro atoms. The summed E-state index contributed by atoms with van der Waals surface area (Å²) in [6.45, 7) is -0.711. The molecule has 14 heteroatoms. The lowest BCUT2D eigenvalue weighted by atomic mass is 10.1. The van der Waals surface area contributed by atoms with E-state index in [2.05, 4.69) is 26.1 Å². The lowest BCUT2D eigenvalue weighted by molar-refractivity contribution is -0.120. The fourth-order valence-electron chi connectivity index (χ4n) is 4.70. The summed E-state index contributed by atoms with van der Waals surface area (Å²) in [5.74, 6) is -1.22. The molecule has 248 valence electrons. The van der Waals surface area contributed by atoms with Crippen molar-refractivity contribution in [2.24, 2.45) is 5.18 Å². The number of para-hydroxylation sites is 2. The lowest BCUT2D eigenvalue weighted by Gasteiger charge is -2.15. The van der Waals surface area contributed by atoms with Gasteiger partial charge in [0.2, 0.25) is 12.1 Å². The number of fused-ring (bicyclic) bond motifs is 1. The molecule has 1 unspecified atom stereocenters. The Morgan fingerprint density at radius 1 is 0.776 bits per heavy atom. The Bertz CT molecular complexity index is 1960. The average Bonchev–Trinajstić information content (AvgIpc) is 3.50. The first kappa shape index (κ1) is 33.7. The zero-order valence-electron chi connectivity index (χ0n) is 26.0. The zero-order chi connectivity index (χ0) is 34.6. The predicted octanol–water partition coefficient (Wildman–Crippen LogP) is 5.17. The van der Waals surface area contributed by atoms with Gasteiger partial charge in [0.25, 0.3) is 0 Å². The molecule has 5 rings (SSSR count). The molecule has 3 amide bonds. The Kier molecular flexibility index (Phi) is 11.1. The summed E-state index contributed by atoms with van der Waals surface area (Å²) >= 11 is 0. The Morgan fingerprint density at radius 3 is 2.00 bits per heavy atom. The van der Waals surface area contributed by atoms with Gasteiger partial charge in [-0.15, -0.1) is 4.91 Å². The minimum Gasteiger partial charge on any atom is -0.445 e. The number of carbonyl (C=O) groups excluding carboxylic acids is 4. The van der Waals surface area contributed by atoms with Crippen molar-refractivity contribution in [3.05, 3.63) is 137 Å². The van der Waals surface area contributed by atoms with Gasteiger partial charge in [0.1, 0.15) is 25.5 Å². The number of Topliss-reactive ketones (excluding diaryl/α,β-unsaturated/α-hetero) is 1. The summed E-state index contributed by atoms with van der Waals surface area (Å²) in [7, 11) is 0. The molecule has 49 heavy (non-hydrogen) atoms. The molecule has 0 fully saturated rings. The van der Waals surface area contributed by atoms with Crippen LogP contribution in [0.25, 0.3) is 11.0 Å². The van der Waals surface area contributed by atoms with Crippen molar-refractivity contribution in [3.63, 3.8) is 0 Å². The molecule has 1 atom stereocenters. The largest absolute Gasteiger partial charge is 0.445 e. The smallest absolute Gasteiger partial charge is 0.411 e. The number of nitrogens with zero attached hydrogens (tertiary/aromatic N) is 3. The first-order chi connectivity index (χ1) is 23.8. The Balaban J connectivity index is 1.20. The number of anilines is 1. The molecule has 0 radical (unpaired) electrons. The van der Waals surface area contributed by atoms with Gasteiger partial charge in [0.05, 0.1) is 17.6 Å². The minimum atomic E-state index is -1.67. The Morgan fingerprint density at radius 2 is 1.37 bits per heavy atom. The van der Waals surface area contributed by atoms with Gasteiger partial charge >= 0.3 is 12.2 Å². The summed E-state index contributed by atoms with van der Waals surface area (Å²) in [5.41, 5.74) is 2.81. The molecule has 0 saturated carbocycles. The number of nitrogens with one attached hydrogen (secondary N) is 4. The highest BCUT2D eigenvalue weighted by Crippen LogP contribution is 2.20. The molecular weight excluding hydrogens is 630 g/mol. The topological polar surface area (TPSA) is 194 Å². The molecule has 0 aliphatic heterocycles. The molecular formula is C35H31N7O7. The van der Waals surface area contributed by atoms with E-state index in [1.54, 1.807) is 60.7 Å². The van der Waals surface area contributed by atoms with Crippen LogP contribution in [0, 0.1) is 10.3 Å². The number of ether oxygens (including phenoxy) is 2. The van der Waals surface area contributed by atoms with Crippen molar-refractivity contribution < 1.29 is 28.7 Å². The highest BCUT2D eigenvalue weighted by atomic mass is 16.6. The lowest BCUT2D eigenvalue weighted by Crippen LogP contribution is -2.45. The summed E-state index contributed by atoms with van der Waals surface area (Å²) in [6, 6.07) is 31.2. The van der Waals surface area contributed by atoms with Crippen molar-refractivity contribution >= 4 is 46.3 Å². The van der Waals surface area contributed by atoms with Crippen LogP contribution < -0.4 is 16.0 Å². The number of ketones is 1. The monoisotopic (exact) mass is 661 g/mol. The van der Waals surface area contributed by atoms with Crippen LogP contribution >= 0.6 is 0 Å². The van der Waals surface area contributed by atoms with E-state index in [9.17, 15) is 24.1 Å². The van der Waals surface area contributed by atoms with Gasteiger partial charge in [-0.1, -0.05) is 72.8 Å². The molecule has 4 aromatic carbocycles. The molecule has 0 bridgehead atoms. The van der Waals surface area contributed by atoms with E-state index in [0.717, 1.165) is 11.1 Å². The minimum absolute atomic E-state index is 0.00272. The summed E-state index contributed by atoms with van der Waals surface area (Å²) in [4.78, 5) is 66.4. The van der Waals surface area contributed by atoms with Crippen molar-refractivity contribution in [2.45, 2.75) is 25.9 Å². The number of hydrogen-bond acceptors (Lipinski definition) is 10. The van der Waals surface area contributed by atoms with E-state index in [1.807, 2.05) is 36.4 Å². The molecule has 0 saturated heterocycles. The quantitative estimate of drug-likeness (QED) is 0.0711. The van der Waals surface area contributed by atoms with E-state index in [4.69, 9.17) is 14.9 Å². The molecule has 1 heterocycles.